The largest absolute Gasteiger partial charge is 0.444 e. The molecule has 2 saturated carbocycles. The van der Waals surface area contributed by atoms with Crippen molar-refractivity contribution in [2.45, 2.75) is 71.4 Å². The number of hydrogen-bond acceptors (Lipinski definition) is 8. The summed E-state index contributed by atoms with van der Waals surface area (Å²) in [6, 6.07) is 13.1. The van der Waals surface area contributed by atoms with Gasteiger partial charge in [0.05, 0.1) is 17.9 Å². The van der Waals surface area contributed by atoms with Crippen LogP contribution >= 0.6 is 11.6 Å². The SMILES string of the molecule is CC(C)(C)OC(=O)N1CCN(c2cc(C3CC3)cn3cc(CNc4cc(NC=O)ncn4)nc23)C(=O)C1.CC1CC1.Clc1ccccc1. The summed E-state index contributed by atoms with van der Waals surface area (Å²) in [6.45, 7) is 8.77. The molecule has 4 aromatic rings. The van der Waals surface area contributed by atoms with Crippen LogP contribution in [0.25, 0.3) is 5.65 Å². The standard InChI is InChI=1S/C25H30N8O4.C6H5Cl.C4H8/c1-25(2,3)37-24(36)31-6-7-33(22(35)13-31)19-8-17(16-4-5-16)11-32-12-18(30-23(19)32)10-26-20-9-21(29-15-34)28-14-27-20;7-6-4-2-1-3-5-6;1-4-2-3-4/h8-9,11-12,14-16H,4-7,10,13H2,1-3H3,(H2,26,27,28,29,34);1-5H;4H,2-3H2,1H3. The molecule has 4 heterocycles. The van der Waals surface area contributed by atoms with Gasteiger partial charge in [-0.15, -0.1) is 0 Å². The first-order valence-corrected chi connectivity index (χ1v) is 16.6. The molecule has 3 aromatic heterocycles. The van der Waals surface area contributed by atoms with Gasteiger partial charge in [0.1, 0.15) is 30.1 Å². The fourth-order valence-electron chi connectivity index (χ4n) is 4.84. The molecule has 0 atom stereocenters. The van der Waals surface area contributed by atoms with Crippen molar-refractivity contribution >= 4 is 53.0 Å². The minimum atomic E-state index is -0.624. The lowest BCUT2D eigenvalue weighted by Gasteiger charge is -2.35. The number of nitrogens with zero attached hydrogens (tertiary/aromatic N) is 6. The van der Waals surface area contributed by atoms with Gasteiger partial charge in [-0.2, -0.15) is 0 Å². The summed E-state index contributed by atoms with van der Waals surface area (Å²) in [5, 5.41) is 6.49. The van der Waals surface area contributed by atoms with Crippen molar-refractivity contribution in [1.82, 2.24) is 24.3 Å². The monoisotopic (exact) mass is 674 g/mol. The van der Waals surface area contributed by atoms with E-state index in [1.54, 1.807) is 31.7 Å². The molecule has 0 spiro atoms. The van der Waals surface area contributed by atoms with Crippen molar-refractivity contribution in [3.63, 3.8) is 0 Å². The Hall–Kier alpha value is -4.71. The van der Waals surface area contributed by atoms with Crippen LogP contribution in [0.5, 0.6) is 0 Å². The van der Waals surface area contributed by atoms with Crippen LogP contribution in [0, 0.1) is 5.92 Å². The third-order valence-corrected chi connectivity index (χ3v) is 7.99. The van der Waals surface area contributed by atoms with Crippen molar-refractivity contribution in [2.24, 2.45) is 5.92 Å². The van der Waals surface area contributed by atoms with Gasteiger partial charge in [-0.1, -0.05) is 49.6 Å². The Labute approximate surface area is 285 Å². The van der Waals surface area contributed by atoms with Crippen LogP contribution in [0.2, 0.25) is 5.02 Å². The second kappa shape index (κ2) is 15.5. The van der Waals surface area contributed by atoms with Crippen molar-refractivity contribution in [2.75, 3.05) is 35.2 Å². The molecule has 48 heavy (non-hydrogen) atoms. The Kier molecular flexibility index (Phi) is 11.2. The highest BCUT2D eigenvalue weighted by atomic mass is 35.5. The predicted molar refractivity (Wildman–Crippen MR) is 186 cm³/mol. The number of aromatic nitrogens is 4. The highest BCUT2D eigenvalue weighted by molar-refractivity contribution is 6.30. The number of ether oxygens (including phenoxy) is 1. The van der Waals surface area contributed by atoms with Crippen LogP contribution in [0.4, 0.5) is 22.1 Å². The zero-order valence-corrected chi connectivity index (χ0v) is 28.6. The number of nitrogens with one attached hydrogen (secondary N) is 2. The van der Waals surface area contributed by atoms with E-state index >= 15 is 0 Å². The fourth-order valence-corrected chi connectivity index (χ4v) is 4.99. The van der Waals surface area contributed by atoms with Crippen LogP contribution < -0.4 is 15.5 Å². The second-order valence-corrected chi connectivity index (χ2v) is 13.7. The molecule has 0 bridgehead atoms. The number of pyridine rings is 1. The molecule has 3 amide bonds. The number of carbonyl (C=O) groups excluding carboxylic acids is 3. The number of rotatable bonds is 7. The van der Waals surface area contributed by atoms with E-state index in [0.29, 0.717) is 49.2 Å². The number of piperazine rings is 1. The van der Waals surface area contributed by atoms with Crippen LogP contribution in [0.1, 0.15) is 70.6 Å². The number of fused-ring (bicyclic) bond motifs is 1. The molecule has 2 N–H and O–H groups in total. The Balaban J connectivity index is 0.000000346. The fraction of sp³-hybridized carbons (Fsp3) is 0.429. The number of carbonyl (C=O) groups is 3. The first kappa shape index (κ1) is 34.6. The normalized spacial score (nSPS) is 15.9. The van der Waals surface area contributed by atoms with Gasteiger partial charge >= 0.3 is 6.09 Å². The van der Waals surface area contributed by atoms with E-state index in [4.69, 9.17) is 21.3 Å². The molecule has 0 unspecified atom stereocenters. The van der Waals surface area contributed by atoms with Gasteiger partial charge in [-0.05, 0) is 69.2 Å². The van der Waals surface area contributed by atoms with Crippen molar-refractivity contribution < 1.29 is 19.1 Å². The van der Waals surface area contributed by atoms with E-state index in [2.05, 4.69) is 39.8 Å². The molecule has 3 aliphatic rings. The summed E-state index contributed by atoms with van der Waals surface area (Å²) >= 11 is 5.54. The Morgan fingerprint density at radius 1 is 1.04 bits per heavy atom. The minimum absolute atomic E-state index is 0.0469. The summed E-state index contributed by atoms with van der Waals surface area (Å²) in [5.74, 6) is 2.33. The van der Waals surface area contributed by atoms with E-state index in [0.717, 1.165) is 35.2 Å². The van der Waals surface area contributed by atoms with Crippen molar-refractivity contribution in [3.8, 4) is 0 Å². The summed E-state index contributed by atoms with van der Waals surface area (Å²) in [5.41, 5.74) is 2.72. The van der Waals surface area contributed by atoms with Gasteiger partial charge in [0.15, 0.2) is 5.65 Å². The lowest BCUT2D eigenvalue weighted by atomic mass is 10.1. The van der Waals surface area contributed by atoms with E-state index in [-0.39, 0.29) is 12.5 Å². The van der Waals surface area contributed by atoms with Gasteiger partial charge in [0, 0.05) is 36.6 Å². The van der Waals surface area contributed by atoms with Crippen molar-refractivity contribution in [1.29, 1.82) is 0 Å². The molecule has 1 saturated heterocycles. The summed E-state index contributed by atoms with van der Waals surface area (Å²) in [4.78, 5) is 52.5. The maximum Gasteiger partial charge on any atom is 0.410 e. The molecular weight excluding hydrogens is 632 g/mol. The highest BCUT2D eigenvalue weighted by Crippen LogP contribution is 2.42. The van der Waals surface area contributed by atoms with Gasteiger partial charge in [-0.3, -0.25) is 14.5 Å². The number of anilines is 3. The van der Waals surface area contributed by atoms with Crippen molar-refractivity contribution in [3.05, 3.63) is 77.5 Å². The Morgan fingerprint density at radius 3 is 2.33 bits per heavy atom. The molecule has 2 aliphatic carbocycles. The second-order valence-electron chi connectivity index (χ2n) is 13.2. The van der Waals surface area contributed by atoms with Crippen LogP contribution in [-0.2, 0) is 20.9 Å². The average Bonchev–Trinajstić information content (AvgIpc) is 3.99. The quantitative estimate of drug-likeness (QED) is 0.212. The molecule has 1 aromatic carbocycles. The molecule has 13 heteroatoms. The summed E-state index contributed by atoms with van der Waals surface area (Å²) < 4.78 is 7.41. The van der Waals surface area contributed by atoms with Crippen LogP contribution in [-0.4, -0.2) is 67.9 Å². The van der Waals surface area contributed by atoms with Gasteiger partial charge in [0.2, 0.25) is 12.3 Å². The molecule has 0 radical (unpaired) electrons. The van der Waals surface area contributed by atoms with E-state index in [9.17, 15) is 14.4 Å². The Morgan fingerprint density at radius 2 is 1.75 bits per heavy atom. The maximum absolute atomic E-state index is 13.2. The zero-order valence-electron chi connectivity index (χ0n) is 27.9. The van der Waals surface area contributed by atoms with E-state index < -0.39 is 11.7 Å². The first-order valence-electron chi connectivity index (χ1n) is 16.3. The number of halogens is 1. The smallest absolute Gasteiger partial charge is 0.410 e. The minimum Gasteiger partial charge on any atom is -0.444 e. The van der Waals surface area contributed by atoms with Gasteiger partial charge in [-0.25, -0.2) is 19.7 Å². The molecular formula is C35H43ClN8O4. The number of imidazole rings is 1. The lowest BCUT2D eigenvalue weighted by Crippen LogP contribution is -2.53. The maximum atomic E-state index is 13.2. The van der Waals surface area contributed by atoms with E-state index in [1.165, 1.54) is 29.6 Å². The number of amides is 3. The van der Waals surface area contributed by atoms with E-state index in [1.807, 2.05) is 40.9 Å². The van der Waals surface area contributed by atoms with Crippen LogP contribution in [0.3, 0.4) is 0 Å². The molecule has 254 valence electrons. The lowest BCUT2D eigenvalue weighted by molar-refractivity contribution is -0.121. The third kappa shape index (κ3) is 10.1. The average molecular weight is 675 g/mol. The third-order valence-electron chi connectivity index (χ3n) is 7.74. The van der Waals surface area contributed by atoms with Crippen LogP contribution in [0.15, 0.2) is 61.2 Å². The summed E-state index contributed by atoms with van der Waals surface area (Å²) in [6.07, 6.45) is 10.7. The Bertz CT molecular complexity index is 1720. The number of hydrogen-bond donors (Lipinski definition) is 2. The topological polar surface area (TPSA) is 134 Å². The molecule has 3 fully saturated rings. The number of benzene rings is 1. The zero-order chi connectivity index (χ0) is 34.3. The predicted octanol–water partition coefficient (Wildman–Crippen LogP) is 6.52. The molecule has 7 rings (SSSR count). The molecule has 1 aliphatic heterocycles. The van der Waals surface area contributed by atoms with Gasteiger partial charge in [0.25, 0.3) is 0 Å². The first-order chi connectivity index (χ1) is 23.0. The van der Waals surface area contributed by atoms with Gasteiger partial charge < -0.3 is 24.7 Å². The summed E-state index contributed by atoms with van der Waals surface area (Å²) in [7, 11) is 0. The highest BCUT2D eigenvalue weighted by Gasteiger charge is 2.33. The molecule has 12 nitrogen and oxygen atoms in total.